The average Bonchev–Trinajstić information content (AvgIpc) is 2.74. The first kappa shape index (κ1) is 25.4. The van der Waals surface area contributed by atoms with Crippen molar-refractivity contribution < 1.29 is 19.1 Å². The Balaban J connectivity index is 2.09. The molecule has 7 nitrogen and oxygen atoms in total. The van der Waals surface area contributed by atoms with Crippen molar-refractivity contribution in [3.8, 4) is 11.5 Å². The van der Waals surface area contributed by atoms with Gasteiger partial charge in [-0.2, -0.15) is 5.10 Å². The minimum absolute atomic E-state index is 0.122. The zero-order valence-electron chi connectivity index (χ0n) is 19.1. The van der Waals surface area contributed by atoms with E-state index in [0.29, 0.717) is 35.8 Å². The van der Waals surface area contributed by atoms with Crippen LogP contribution in [0.4, 0.5) is 0 Å². The van der Waals surface area contributed by atoms with E-state index >= 15 is 0 Å². The summed E-state index contributed by atoms with van der Waals surface area (Å²) in [5.74, 6) is 0.381. The fraction of sp³-hybridized carbons (Fsp3) is 0.375. The monoisotopic (exact) mass is 503 g/mol. The maximum Gasteiger partial charge on any atom is 0.262 e. The molecule has 2 rings (SSSR count). The van der Waals surface area contributed by atoms with Crippen molar-refractivity contribution in [2.75, 3.05) is 13.2 Å². The third-order valence-electron chi connectivity index (χ3n) is 4.56. The van der Waals surface area contributed by atoms with E-state index < -0.39 is 11.9 Å². The van der Waals surface area contributed by atoms with Crippen molar-refractivity contribution in [2.24, 2.45) is 11.0 Å². The highest BCUT2D eigenvalue weighted by Crippen LogP contribution is 2.36. The van der Waals surface area contributed by atoms with Crippen molar-refractivity contribution in [3.63, 3.8) is 0 Å². The molecular formula is C24H30BrN3O4. The highest BCUT2D eigenvalue weighted by atomic mass is 79.9. The van der Waals surface area contributed by atoms with Crippen LogP contribution >= 0.6 is 15.9 Å². The van der Waals surface area contributed by atoms with E-state index in [9.17, 15) is 9.59 Å². The number of carbonyl (C=O) groups excluding carboxylic acids is 2. The summed E-state index contributed by atoms with van der Waals surface area (Å²) in [7, 11) is 0. The van der Waals surface area contributed by atoms with E-state index in [4.69, 9.17) is 9.47 Å². The molecule has 1 unspecified atom stereocenters. The second-order valence-electron chi connectivity index (χ2n) is 7.49. The molecule has 2 N–H and O–H groups in total. The van der Waals surface area contributed by atoms with E-state index in [-0.39, 0.29) is 11.8 Å². The van der Waals surface area contributed by atoms with Crippen molar-refractivity contribution >= 4 is 34.0 Å². The fourth-order valence-corrected chi connectivity index (χ4v) is 3.49. The van der Waals surface area contributed by atoms with Crippen LogP contribution in [-0.2, 0) is 4.79 Å². The second-order valence-corrected chi connectivity index (χ2v) is 8.35. The lowest BCUT2D eigenvalue weighted by Gasteiger charge is -2.20. The van der Waals surface area contributed by atoms with Crippen LogP contribution in [-0.4, -0.2) is 37.3 Å². The summed E-state index contributed by atoms with van der Waals surface area (Å²) in [4.78, 5) is 25.2. The first-order chi connectivity index (χ1) is 15.3. The summed E-state index contributed by atoms with van der Waals surface area (Å²) in [6, 6.07) is 10.1. The number of hydrogen-bond acceptors (Lipinski definition) is 5. The summed E-state index contributed by atoms with van der Waals surface area (Å²) in [6.07, 6.45) is 1.51. The molecule has 2 amide bonds. The number of ether oxygens (including phenoxy) is 2. The van der Waals surface area contributed by atoms with Crippen LogP contribution in [0.25, 0.3) is 0 Å². The van der Waals surface area contributed by atoms with E-state index in [1.54, 1.807) is 18.2 Å². The van der Waals surface area contributed by atoms with Crippen LogP contribution in [0, 0.1) is 12.8 Å². The van der Waals surface area contributed by atoms with Crippen LogP contribution in [0.2, 0.25) is 0 Å². The molecule has 2 aromatic carbocycles. The summed E-state index contributed by atoms with van der Waals surface area (Å²) in [5, 5.41) is 6.85. The largest absolute Gasteiger partial charge is 0.490 e. The molecule has 2 aromatic rings. The number of nitrogens with one attached hydrogen (secondary N) is 2. The number of carbonyl (C=O) groups is 2. The Morgan fingerprint density at radius 1 is 1.09 bits per heavy atom. The number of rotatable bonds is 10. The minimum atomic E-state index is -0.730. The summed E-state index contributed by atoms with van der Waals surface area (Å²) < 4.78 is 12.0. The molecule has 0 spiro atoms. The molecule has 0 saturated heterocycles. The van der Waals surface area contributed by atoms with Crippen molar-refractivity contribution in [3.05, 3.63) is 57.6 Å². The van der Waals surface area contributed by atoms with Crippen LogP contribution in [0.15, 0.2) is 46.0 Å². The van der Waals surface area contributed by atoms with Gasteiger partial charge in [-0.15, -0.1) is 0 Å². The SMILES string of the molecule is CCOc1cc(/C=N\NC(=O)C(NC(=O)c2ccc(C)cc2)C(C)C)cc(Br)c1OCC. The molecule has 0 bridgehead atoms. The third-order valence-corrected chi connectivity index (χ3v) is 5.15. The Hall–Kier alpha value is -2.87. The first-order valence-electron chi connectivity index (χ1n) is 10.6. The molecule has 172 valence electrons. The highest BCUT2D eigenvalue weighted by Gasteiger charge is 2.24. The molecule has 0 fully saturated rings. The van der Waals surface area contributed by atoms with Gasteiger partial charge in [0, 0.05) is 5.56 Å². The predicted molar refractivity (Wildman–Crippen MR) is 129 cm³/mol. The predicted octanol–water partition coefficient (Wildman–Crippen LogP) is 4.46. The highest BCUT2D eigenvalue weighted by molar-refractivity contribution is 9.10. The van der Waals surface area contributed by atoms with Crippen LogP contribution in [0.1, 0.15) is 49.2 Å². The number of halogens is 1. The normalized spacial score (nSPS) is 12.0. The topological polar surface area (TPSA) is 89.0 Å². The van der Waals surface area contributed by atoms with Crippen LogP contribution < -0.4 is 20.2 Å². The Labute approximate surface area is 197 Å². The lowest BCUT2D eigenvalue weighted by molar-refractivity contribution is -0.123. The van der Waals surface area contributed by atoms with Gasteiger partial charge in [0.2, 0.25) is 0 Å². The minimum Gasteiger partial charge on any atom is -0.490 e. The number of benzene rings is 2. The van der Waals surface area contributed by atoms with Gasteiger partial charge in [-0.1, -0.05) is 31.5 Å². The molecule has 0 aliphatic rings. The first-order valence-corrected chi connectivity index (χ1v) is 11.4. The van der Waals surface area contributed by atoms with Crippen LogP contribution in [0.3, 0.4) is 0 Å². The number of aryl methyl sites for hydroxylation is 1. The molecule has 0 aliphatic carbocycles. The van der Waals surface area contributed by atoms with Gasteiger partial charge in [0.15, 0.2) is 11.5 Å². The van der Waals surface area contributed by atoms with Gasteiger partial charge in [0.05, 0.1) is 23.9 Å². The van der Waals surface area contributed by atoms with E-state index in [0.717, 1.165) is 10.0 Å². The van der Waals surface area contributed by atoms with Gasteiger partial charge in [0.25, 0.3) is 11.8 Å². The third kappa shape index (κ3) is 7.09. The van der Waals surface area contributed by atoms with E-state index in [1.807, 2.05) is 52.8 Å². The molecule has 0 aliphatic heterocycles. The number of hydrogen-bond donors (Lipinski definition) is 2. The summed E-state index contributed by atoms with van der Waals surface area (Å²) >= 11 is 3.48. The molecule has 8 heteroatoms. The maximum absolute atomic E-state index is 12.7. The zero-order valence-corrected chi connectivity index (χ0v) is 20.7. The van der Waals surface area contributed by atoms with Gasteiger partial charge in [-0.05, 0) is 72.4 Å². The number of nitrogens with zero attached hydrogens (tertiary/aromatic N) is 1. The quantitative estimate of drug-likeness (QED) is 0.370. The Bertz CT molecular complexity index is 958. The van der Waals surface area contributed by atoms with E-state index in [2.05, 4.69) is 31.8 Å². The number of amides is 2. The lowest BCUT2D eigenvalue weighted by Crippen LogP contribution is -2.48. The molecule has 0 saturated carbocycles. The zero-order chi connectivity index (χ0) is 23.7. The Morgan fingerprint density at radius 3 is 2.34 bits per heavy atom. The lowest BCUT2D eigenvalue weighted by atomic mass is 10.0. The smallest absolute Gasteiger partial charge is 0.262 e. The Kier molecular flexibility index (Phi) is 9.71. The van der Waals surface area contributed by atoms with Gasteiger partial charge in [-0.3, -0.25) is 9.59 Å². The maximum atomic E-state index is 12.7. The fourth-order valence-electron chi connectivity index (χ4n) is 2.91. The molecular weight excluding hydrogens is 474 g/mol. The van der Waals surface area contributed by atoms with Crippen molar-refractivity contribution in [1.82, 2.24) is 10.7 Å². The van der Waals surface area contributed by atoms with Gasteiger partial charge < -0.3 is 14.8 Å². The molecule has 0 aromatic heterocycles. The molecule has 0 heterocycles. The second kappa shape index (κ2) is 12.2. The van der Waals surface area contributed by atoms with Crippen LogP contribution in [0.5, 0.6) is 11.5 Å². The van der Waals surface area contributed by atoms with Gasteiger partial charge in [0.1, 0.15) is 6.04 Å². The molecule has 0 radical (unpaired) electrons. The standard InChI is InChI=1S/C24H30BrN3O4/c1-6-31-20-13-17(12-19(25)22(20)32-7-2)14-26-28-24(30)21(15(3)4)27-23(29)18-10-8-16(5)9-11-18/h8-15,21H,6-7H2,1-5H3,(H,27,29)(H,28,30)/b26-14-. The summed E-state index contributed by atoms with van der Waals surface area (Å²) in [6.45, 7) is 10.5. The van der Waals surface area contributed by atoms with Gasteiger partial charge in [-0.25, -0.2) is 5.43 Å². The molecule has 1 atom stereocenters. The average molecular weight is 504 g/mol. The van der Waals surface area contributed by atoms with Crippen molar-refractivity contribution in [1.29, 1.82) is 0 Å². The van der Waals surface area contributed by atoms with E-state index in [1.165, 1.54) is 6.21 Å². The van der Waals surface area contributed by atoms with Gasteiger partial charge >= 0.3 is 0 Å². The summed E-state index contributed by atoms with van der Waals surface area (Å²) in [5.41, 5.74) is 4.79. The molecule has 32 heavy (non-hydrogen) atoms. The van der Waals surface area contributed by atoms with Crippen molar-refractivity contribution in [2.45, 2.75) is 40.7 Å². The Morgan fingerprint density at radius 2 is 1.75 bits per heavy atom. The number of hydrazone groups is 1.